The first-order chi connectivity index (χ1) is 17.2. The van der Waals surface area contributed by atoms with Crippen molar-refractivity contribution in [1.29, 1.82) is 0 Å². The minimum absolute atomic E-state index is 0.0496. The number of benzene rings is 2. The second-order valence-electron chi connectivity index (χ2n) is 8.06. The van der Waals surface area contributed by atoms with E-state index in [1.165, 1.54) is 44.6 Å². The Hall–Kier alpha value is -2.97. The largest absolute Gasteiger partial charge is 0.497 e. The predicted molar refractivity (Wildman–Crippen MR) is 122 cm³/mol. The van der Waals surface area contributed by atoms with Crippen molar-refractivity contribution in [2.75, 3.05) is 27.4 Å². The zero-order valence-corrected chi connectivity index (χ0v) is 19.6. The van der Waals surface area contributed by atoms with Crippen LogP contribution in [-0.4, -0.2) is 101 Å². The highest BCUT2D eigenvalue weighted by Gasteiger charge is 2.45. The summed E-state index contributed by atoms with van der Waals surface area (Å²) in [4.78, 5) is 12.3. The van der Waals surface area contributed by atoms with Crippen LogP contribution >= 0.6 is 0 Å². The second kappa shape index (κ2) is 12.3. The predicted octanol–water partition coefficient (Wildman–Crippen LogP) is -0.866. The lowest BCUT2D eigenvalue weighted by molar-refractivity contribution is -0.277. The Kier molecular flexibility index (Phi) is 9.45. The van der Waals surface area contributed by atoms with Gasteiger partial charge in [0.1, 0.15) is 49.0 Å². The second-order valence-corrected chi connectivity index (χ2v) is 8.06. The van der Waals surface area contributed by atoms with E-state index in [1.807, 2.05) is 0 Å². The van der Waals surface area contributed by atoms with Crippen molar-refractivity contribution in [2.45, 2.75) is 42.9 Å². The van der Waals surface area contributed by atoms with E-state index < -0.39 is 62.1 Å². The molecule has 0 radical (unpaired) electrons. The molecule has 12 nitrogen and oxygen atoms in total. The van der Waals surface area contributed by atoms with Gasteiger partial charge in [0.2, 0.25) is 6.29 Å². The SMILES string of the molecule is COc1ccc(C(=O)OC[C@H]2O[C@@H](Oc3ccc(C(O)C(O)CO)cc3OC)[C@H](O)[C@@H](O)[C@@H]2O)cc1. The Morgan fingerprint density at radius 2 is 1.64 bits per heavy atom. The van der Waals surface area contributed by atoms with E-state index in [4.69, 9.17) is 28.8 Å². The van der Waals surface area contributed by atoms with Crippen molar-refractivity contribution < 1.29 is 59.1 Å². The number of aliphatic hydroxyl groups excluding tert-OH is 6. The number of methoxy groups -OCH3 is 2. The van der Waals surface area contributed by atoms with Gasteiger partial charge >= 0.3 is 5.97 Å². The fourth-order valence-corrected chi connectivity index (χ4v) is 3.53. The van der Waals surface area contributed by atoms with E-state index in [1.54, 1.807) is 12.1 Å². The maximum atomic E-state index is 12.3. The lowest BCUT2D eigenvalue weighted by Crippen LogP contribution is -2.60. The summed E-state index contributed by atoms with van der Waals surface area (Å²) >= 11 is 0. The molecular weight excluding hydrogens is 480 g/mol. The van der Waals surface area contributed by atoms with Crippen molar-refractivity contribution in [3.05, 3.63) is 53.6 Å². The molecule has 198 valence electrons. The van der Waals surface area contributed by atoms with Crippen LogP contribution in [0.3, 0.4) is 0 Å². The molecule has 1 heterocycles. The van der Waals surface area contributed by atoms with Crippen LogP contribution < -0.4 is 14.2 Å². The Morgan fingerprint density at radius 3 is 2.25 bits per heavy atom. The van der Waals surface area contributed by atoms with E-state index >= 15 is 0 Å². The average molecular weight is 510 g/mol. The molecule has 7 atom stereocenters. The summed E-state index contributed by atoms with van der Waals surface area (Å²) in [6.07, 6.45) is -10.5. The average Bonchev–Trinajstić information content (AvgIpc) is 2.91. The summed E-state index contributed by atoms with van der Waals surface area (Å²) in [5.41, 5.74) is 0.456. The van der Waals surface area contributed by atoms with Gasteiger partial charge < -0.3 is 54.3 Å². The summed E-state index contributed by atoms with van der Waals surface area (Å²) in [6, 6.07) is 10.3. The number of carbonyl (C=O) groups is 1. The highest BCUT2D eigenvalue weighted by Crippen LogP contribution is 2.34. The van der Waals surface area contributed by atoms with E-state index in [0.29, 0.717) is 5.75 Å². The number of esters is 1. The molecule has 2 unspecified atom stereocenters. The first-order valence-corrected chi connectivity index (χ1v) is 11.0. The Morgan fingerprint density at radius 1 is 0.944 bits per heavy atom. The van der Waals surface area contributed by atoms with Crippen molar-refractivity contribution in [3.63, 3.8) is 0 Å². The number of rotatable bonds is 10. The zero-order valence-electron chi connectivity index (χ0n) is 19.6. The summed E-state index contributed by atoms with van der Waals surface area (Å²) in [6.45, 7) is -1.11. The van der Waals surface area contributed by atoms with Gasteiger partial charge in [0.15, 0.2) is 11.5 Å². The zero-order chi connectivity index (χ0) is 26.4. The molecule has 6 N–H and O–H groups in total. The van der Waals surface area contributed by atoms with Crippen LogP contribution in [0.4, 0.5) is 0 Å². The van der Waals surface area contributed by atoms with Crippen LogP contribution in [-0.2, 0) is 9.47 Å². The van der Waals surface area contributed by atoms with Crippen molar-refractivity contribution in [1.82, 2.24) is 0 Å². The van der Waals surface area contributed by atoms with Crippen molar-refractivity contribution >= 4 is 5.97 Å². The van der Waals surface area contributed by atoms with Gasteiger partial charge in [-0.15, -0.1) is 0 Å². The molecule has 1 fully saturated rings. The fraction of sp³-hybridized carbons (Fsp3) is 0.458. The molecule has 2 aromatic rings. The van der Waals surface area contributed by atoms with Gasteiger partial charge in [-0.25, -0.2) is 4.79 Å². The molecule has 0 spiro atoms. The van der Waals surface area contributed by atoms with E-state index in [-0.39, 0.29) is 22.6 Å². The third-order valence-electron chi connectivity index (χ3n) is 5.70. The minimum Gasteiger partial charge on any atom is -0.497 e. The van der Waals surface area contributed by atoms with Crippen molar-refractivity contribution in [2.24, 2.45) is 0 Å². The normalized spacial score (nSPS) is 25.5. The van der Waals surface area contributed by atoms with Crippen LogP contribution in [0.15, 0.2) is 42.5 Å². The lowest BCUT2D eigenvalue weighted by atomic mass is 9.99. The fourth-order valence-electron chi connectivity index (χ4n) is 3.53. The number of hydrogen-bond acceptors (Lipinski definition) is 12. The lowest BCUT2D eigenvalue weighted by Gasteiger charge is -2.40. The molecule has 1 aliphatic heterocycles. The van der Waals surface area contributed by atoms with Gasteiger partial charge in [-0.1, -0.05) is 6.07 Å². The number of hydrogen-bond donors (Lipinski definition) is 6. The van der Waals surface area contributed by atoms with Gasteiger partial charge in [0.05, 0.1) is 26.4 Å². The van der Waals surface area contributed by atoms with E-state index in [2.05, 4.69) is 0 Å². The van der Waals surface area contributed by atoms with Crippen LogP contribution in [0.5, 0.6) is 17.2 Å². The molecule has 0 aliphatic carbocycles. The van der Waals surface area contributed by atoms with Crippen LogP contribution in [0.1, 0.15) is 22.0 Å². The molecule has 36 heavy (non-hydrogen) atoms. The first kappa shape index (κ1) is 27.6. The molecule has 1 aliphatic rings. The third-order valence-corrected chi connectivity index (χ3v) is 5.70. The standard InChI is InChI=1S/C24H30O12/c1-32-14-6-3-12(4-7-14)23(31)34-11-18-20(28)21(29)22(30)24(36-18)35-16-8-5-13(9-17(16)33-2)19(27)15(26)10-25/h3-9,15,18-22,24-30H,10-11H2,1-2H3/t15?,18-,19?,20-,21+,22-,24-/m1/s1. The third kappa shape index (κ3) is 6.23. The summed E-state index contributed by atoms with van der Waals surface area (Å²) in [5.74, 6) is -0.00575. The maximum Gasteiger partial charge on any atom is 0.338 e. The topological polar surface area (TPSA) is 185 Å². The Labute approximate surface area is 206 Å². The van der Waals surface area contributed by atoms with Crippen LogP contribution in [0, 0.1) is 0 Å². The van der Waals surface area contributed by atoms with Gasteiger partial charge in [-0.3, -0.25) is 0 Å². The van der Waals surface area contributed by atoms with Crippen LogP contribution in [0.25, 0.3) is 0 Å². The molecule has 0 aromatic heterocycles. The number of aliphatic hydroxyl groups is 6. The van der Waals surface area contributed by atoms with Gasteiger partial charge in [-0.2, -0.15) is 0 Å². The molecular formula is C24H30O12. The maximum absolute atomic E-state index is 12.3. The first-order valence-electron chi connectivity index (χ1n) is 11.0. The monoisotopic (exact) mass is 510 g/mol. The number of carbonyl (C=O) groups excluding carboxylic acids is 1. The summed E-state index contributed by atoms with van der Waals surface area (Å²) < 4.78 is 26.7. The van der Waals surface area contributed by atoms with Crippen molar-refractivity contribution in [3.8, 4) is 17.2 Å². The molecule has 0 saturated carbocycles. The number of ether oxygens (including phenoxy) is 5. The smallest absolute Gasteiger partial charge is 0.338 e. The van der Waals surface area contributed by atoms with E-state index in [0.717, 1.165) is 0 Å². The highest BCUT2D eigenvalue weighted by molar-refractivity contribution is 5.89. The Balaban J connectivity index is 1.69. The quantitative estimate of drug-likeness (QED) is 0.218. The molecule has 0 bridgehead atoms. The van der Waals surface area contributed by atoms with Gasteiger partial charge in [0, 0.05) is 0 Å². The minimum atomic E-state index is -1.68. The molecule has 3 rings (SSSR count). The van der Waals surface area contributed by atoms with Crippen LogP contribution in [0.2, 0.25) is 0 Å². The Bertz CT molecular complexity index is 997. The molecule has 0 amide bonds. The summed E-state index contributed by atoms with van der Waals surface area (Å²) in [7, 11) is 2.81. The van der Waals surface area contributed by atoms with Gasteiger partial charge in [-0.05, 0) is 42.0 Å². The van der Waals surface area contributed by atoms with E-state index in [9.17, 15) is 30.3 Å². The highest BCUT2D eigenvalue weighted by atomic mass is 16.7. The summed E-state index contributed by atoms with van der Waals surface area (Å²) in [5, 5.41) is 59.8. The molecule has 2 aromatic carbocycles. The molecule has 12 heteroatoms. The van der Waals surface area contributed by atoms with Gasteiger partial charge in [0.25, 0.3) is 0 Å². The molecule has 1 saturated heterocycles.